The van der Waals surface area contributed by atoms with Crippen molar-refractivity contribution >= 4 is 34.8 Å². The van der Waals surface area contributed by atoms with Crippen molar-refractivity contribution in [2.75, 3.05) is 11.9 Å². The van der Waals surface area contributed by atoms with Crippen LogP contribution in [0.3, 0.4) is 0 Å². The van der Waals surface area contributed by atoms with Gasteiger partial charge in [-0.2, -0.15) is 0 Å². The molecule has 1 aliphatic carbocycles. The van der Waals surface area contributed by atoms with Gasteiger partial charge in [0, 0.05) is 25.1 Å². The molecule has 5 nitrogen and oxygen atoms in total. The van der Waals surface area contributed by atoms with Crippen molar-refractivity contribution in [3.63, 3.8) is 0 Å². The minimum absolute atomic E-state index is 0.0456. The normalized spacial score (nSPS) is 14.5. The molecule has 1 aromatic heterocycles. The largest absolute Gasteiger partial charge is 0.382 e. The van der Waals surface area contributed by atoms with Crippen LogP contribution in [0.5, 0.6) is 0 Å². The Morgan fingerprint density at radius 3 is 2.88 bits per heavy atom. The van der Waals surface area contributed by atoms with E-state index in [4.69, 9.17) is 23.2 Å². The van der Waals surface area contributed by atoms with E-state index in [0.717, 1.165) is 12.8 Å². The van der Waals surface area contributed by atoms with Crippen molar-refractivity contribution in [2.24, 2.45) is 0 Å². The van der Waals surface area contributed by atoms with Gasteiger partial charge in [0.2, 0.25) is 5.91 Å². The third-order valence-electron chi connectivity index (χ3n) is 2.33. The SMILES string of the molecule is O=C(CCNc1cc(Cl)nnc1Cl)NC1CC1. The number of nitrogens with zero attached hydrogens (tertiary/aromatic N) is 2. The fourth-order valence-corrected chi connectivity index (χ4v) is 1.62. The molecular weight excluding hydrogens is 263 g/mol. The quantitative estimate of drug-likeness (QED) is 0.860. The number of amides is 1. The van der Waals surface area contributed by atoms with E-state index in [1.54, 1.807) is 6.07 Å². The second-order valence-corrected chi connectivity index (χ2v) is 4.64. The van der Waals surface area contributed by atoms with Crippen molar-refractivity contribution in [1.82, 2.24) is 15.5 Å². The van der Waals surface area contributed by atoms with E-state index in [1.165, 1.54) is 0 Å². The Morgan fingerprint density at radius 1 is 1.41 bits per heavy atom. The van der Waals surface area contributed by atoms with Gasteiger partial charge in [-0.05, 0) is 12.8 Å². The van der Waals surface area contributed by atoms with Crippen LogP contribution in [-0.2, 0) is 4.79 Å². The summed E-state index contributed by atoms with van der Waals surface area (Å²) < 4.78 is 0. The summed E-state index contributed by atoms with van der Waals surface area (Å²) in [6.45, 7) is 0.486. The molecule has 0 atom stereocenters. The first-order valence-corrected chi connectivity index (χ1v) is 6.12. The summed E-state index contributed by atoms with van der Waals surface area (Å²) in [5.74, 6) is 0.0456. The molecule has 1 fully saturated rings. The van der Waals surface area contributed by atoms with Gasteiger partial charge >= 0.3 is 0 Å². The fourth-order valence-electron chi connectivity index (χ4n) is 1.32. The van der Waals surface area contributed by atoms with E-state index in [2.05, 4.69) is 20.8 Å². The first-order chi connectivity index (χ1) is 8.15. The van der Waals surface area contributed by atoms with Gasteiger partial charge in [-0.25, -0.2) is 0 Å². The summed E-state index contributed by atoms with van der Waals surface area (Å²) >= 11 is 11.5. The number of anilines is 1. The Hall–Kier alpha value is -1.07. The minimum atomic E-state index is 0.0456. The van der Waals surface area contributed by atoms with Crippen LogP contribution in [0.25, 0.3) is 0 Å². The third-order valence-corrected chi connectivity index (χ3v) is 2.79. The van der Waals surface area contributed by atoms with Crippen LogP contribution >= 0.6 is 23.2 Å². The van der Waals surface area contributed by atoms with Crippen molar-refractivity contribution in [2.45, 2.75) is 25.3 Å². The molecule has 17 heavy (non-hydrogen) atoms. The summed E-state index contributed by atoms with van der Waals surface area (Å²) in [5, 5.41) is 13.7. The molecule has 2 rings (SSSR count). The van der Waals surface area contributed by atoms with E-state index in [0.29, 0.717) is 24.7 Å². The summed E-state index contributed by atoms with van der Waals surface area (Å²) in [4.78, 5) is 11.4. The molecule has 1 aromatic rings. The number of carbonyl (C=O) groups excluding carboxylic acids is 1. The number of hydrogen-bond donors (Lipinski definition) is 2. The Balaban J connectivity index is 1.76. The Morgan fingerprint density at radius 2 is 2.18 bits per heavy atom. The average molecular weight is 275 g/mol. The van der Waals surface area contributed by atoms with Crippen LogP contribution in [0, 0.1) is 0 Å². The molecule has 0 saturated heterocycles. The summed E-state index contributed by atoms with van der Waals surface area (Å²) in [7, 11) is 0. The van der Waals surface area contributed by atoms with E-state index in [1.807, 2.05) is 0 Å². The highest BCUT2D eigenvalue weighted by Crippen LogP contribution is 2.21. The maximum atomic E-state index is 11.4. The highest BCUT2D eigenvalue weighted by molar-refractivity contribution is 6.33. The van der Waals surface area contributed by atoms with E-state index >= 15 is 0 Å². The van der Waals surface area contributed by atoms with Crippen molar-refractivity contribution < 1.29 is 4.79 Å². The molecule has 1 heterocycles. The van der Waals surface area contributed by atoms with Gasteiger partial charge in [0.25, 0.3) is 0 Å². The van der Waals surface area contributed by atoms with Gasteiger partial charge in [-0.1, -0.05) is 23.2 Å². The van der Waals surface area contributed by atoms with Gasteiger partial charge in [-0.3, -0.25) is 4.79 Å². The van der Waals surface area contributed by atoms with Crippen molar-refractivity contribution in [3.05, 3.63) is 16.4 Å². The Labute approximate surface area is 109 Å². The average Bonchev–Trinajstić information content (AvgIpc) is 3.07. The zero-order valence-electron chi connectivity index (χ0n) is 9.04. The molecule has 1 aliphatic rings. The lowest BCUT2D eigenvalue weighted by molar-refractivity contribution is -0.120. The third kappa shape index (κ3) is 4.02. The van der Waals surface area contributed by atoms with Crippen LogP contribution in [0.1, 0.15) is 19.3 Å². The molecule has 0 unspecified atom stereocenters. The second-order valence-electron chi connectivity index (χ2n) is 3.89. The zero-order chi connectivity index (χ0) is 12.3. The van der Waals surface area contributed by atoms with Crippen LogP contribution in [0.2, 0.25) is 10.3 Å². The van der Waals surface area contributed by atoms with Gasteiger partial charge in [0.05, 0.1) is 5.69 Å². The molecule has 0 bridgehead atoms. The first-order valence-electron chi connectivity index (χ1n) is 5.37. The van der Waals surface area contributed by atoms with E-state index < -0.39 is 0 Å². The molecule has 1 saturated carbocycles. The number of carbonyl (C=O) groups is 1. The summed E-state index contributed by atoms with van der Waals surface area (Å²) in [5.41, 5.74) is 0.589. The molecular formula is C10H12Cl2N4O. The molecule has 0 radical (unpaired) electrons. The Kier molecular flexibility index (Phi) is 4.02. The maximum Gasteiger partial charge on any atom is 0.221 e. The predicted octanol–water partition coefficient (Wildman–Crippen LogP) is 1.86. The lowest BCUT2D eigenvalue weighted by atomic mass is 10.3. The molecule has 7 heteroatoms. The van der Waals surface area contributed by atoms with Crippen molar-refractivity contribution in [3.8, 4) is 0 Å². The summed E-state index contributed by atoms with van der Waals surface area (Å²) in [6.07, 6.45) is 2.58. The van der Waals surface area contributed by atoms with Crippen LogP contribution in [0.15, 0.2) is 6.07 Å². The number of aromatic nitrogens is 2. The molecule has 0 aliphatic heterocycles. The van der Waals surface area contributed by atoms with Crippen LogP contribution in [0.4, 0.5) is 5.69 Å². The standard InChI is InChI=1S/C10H12Cl2N4O/c11-8-5-7(10(12)16-15-8)13-4-3-9(17)14-6-1-2-6/h5-6H,1-4H2,(H,13,15)(H,14,17). The van der Waals surface area contributed by atoms with E-state index in [9.17, 15) is 4.79 Å². The maximum absolute atomic E-state index is 11.4. The highest BCUT2D eigenvalue weighted by Gasteiger charge is 2.22. The van der Waals surface area contributed by atoms with Gasteiger partial charge in [0.15, 0.2) is 10.3 Å². The molecule has 0 aromatic carbocycles. The smallest absolute Gasteiger partial charge is 0.221 e. The number of halogens is 2. The van der Waals surface area contributed by atoms with Crippen LogP contribution < -0.4 is 10.6 Å². The monoisotopic (exact) mass is 274 g/mol. The van der Waals surface area contributed by atoms with Crippen molar-refractivity contribution in [1.29, 1.82) is 0 Å². The van der Waals surface area contributed by atoms with Gasteiger partial charge in [0.1, 0.15) is 0 Å². The second kappa shape index (κ2) is 5.51. The molecule has 0 spiro atoms. The van der Waals surface area contributed by atoms with Gasteiger partial charge in [-0.15, -0.1) is 10.2 Å². The van der Waals surface area contributed by atoms with Gasteiger partial charge < -0.3 is 10.6 Å². The highest BCUT2D eigenvalue weighted by atomic mass is 35.5. The Bertz CT molecular complexity index is 423. The zero-order valence-corrected chi connectivity index (χ0v) is 10.6. The minimum Gasteiger partial charge on any atom is -0.382 e. The number of rotatable bonds is 5. The summed E-state index contributed by atoms with van der Waals surface area (Å²) in [6, 6.07) is 1.97. The topological polar surface area (TPSA) is 66.9 Å². The first kappa shape index (κ1) is 12.4. The lowest BCUT2D eigenvalue weighted by Crippen LogP contribution is -2.27. The fraction of sp³-hybridized carbons (Fsp3) is 0.500. The predicted molar refractivity (Wildman–Crippen MR) is 66.3 cm³/mol. The molecule has 2 N–H and O–H groups in total. The molecule has 1 amide bonds. The number of hydrogen-bond acceptors (Lipinski definition) is 4. The van der Waals surface area contributed by atoms with E-state index in [-0.39, 0.29) is 16.2 Å². The lowest BCUT2D eigenvalue weighted by Gasteiger charge is -2.07. The molecule has 92 valence electrons. The number of nitrogens with one attached hydrogen (secondary N) is 2. The van der Waals surface area contributed by atoms with Crippen LogP contribution in [-0.4, -0.2) is 28.7 Å².